The number of aryl methyl sites for hydroxylation is 2. The topological polar surface area (TPSA) is 66.8 Å². The molecule has 1 aromatic rings. The summed E-state index contributed by atoms with van der Waals surface area (Å²) in [4.78, 5) is 24.6. The first-order valence-corrected chi connectivity index (χ1v) is 7.17. The average Bonchev–Trinajstić information content (AvgIpc) is 2.44. The van der Waals surface area contributed by atoms with Crippen molar-refractivity contribution in [2.75, 3.05) is 19.7 Å². The highest BCUT2D eigenvalue weighted by Crippen LogP contribution is 2.19. The van der Waals surface area contributed by atoms with E-state index in [0.717, 1.165) is 11.1 Å². The molecule has 0 spiro atoms. The van der Waals surface area contributed by atoms with Gasteiger partial charge in [0.05, 0.1) is 5.92 Å². The molecule has 1 aliphatic rings. The van der Waals surface area contributed by atoms with Crippen molar-refractivity contribution in [1.82, 2.24) is 4.90 Å². The molecule has 1 N–H and O–H groups in total. The second kappa shape index (κ2) is 6.61. The van der Waals surface area contributed by atoms with Crippen molar-refractivity contribution in [3.8, 4) is 5.75 Å². The third kappa shape index (κ3) is 4.21. The van der Waals surface area contributed by atoms with Gasteiger partial charge < -0.3 is 14.7 Å². The van der Waals surface area contributed by atoms with Gasteiger partial charge in [0.2, 0.25) is 0 Å². The van der Waals surface area contributed by atoms with Crippen molar-refractivity contribution in [1.29, 1.82) is 0 Å². The number of carbonyl (C=O) groups is 2. The number of carbonyl (C=O) groups excluding carboxylic acids is 1. The van der Waals surface area contributed by atoms with Crippen molar-refractivity contribution in [2.24, 2.45) is 5.92 Å². The summed E-state index contributed by atoms with van der Waals surface area (Å²) in [5, 5.41) is 8.94. The van der Waals surface area contributed by atoms with E-state index < -0.39 is 5.97 Å². The Morgan fingerprint density at radius 3 is 2.29 bits per heavy atom. The number of benzene rings is 1. The van der Waals surface area contributed by atoms with Gasteiger partial charge in [-0.05, 0) is 49.9 Å². The maximum absolute atomic E-state index is 12.1. The highest BCUT2D eigenvalue weighted by atomic mass is 16.5. The lowest BCUT2D eigenvalue weighted by Gasteiger charge is -2.30. The second-order valence-corrected chi connectivity index (χ2v) is 5.61. The summed E-state index contributed by atoms with van der Waals surface area (Å²) in [6.45, 7) is 4.95. The van der Waals surface area contributed by atoms with Crippen molar-refractivity contribution in [3.63, 3.8) is 0 Å². The summed E-state index contributed by atoms with van der Waals surface area (Å²) >= 11 is 0. The van der Waals surface area contributed by atoms with E-state index in [1.807, 2.05) is 32.0 Å². The number of piperidine rings is 1. The summed E-state index contributed by atoms with van der Waals surface area (Å²) in [5.74, 6) is -0.484. The molecule has 0 radical (unpaired) electrons. The minimum Gasteiger partial charge on any atom is -0.484 e. The lowest BCUT2D eigenvalue weighted by atomic mass is 9.97. The molecular formula is C16H21NO4. The SMILES string of the molecule is Cc1cc(C)cc(OCC(=O)N2CCC(C(=O)O)CC2)c1. The molecule has 1 amide bonds. The molecule has 0 unspecified atom stereocenters. The number of ether oxygens (including phenoxy) is 1. The molecule has 0 aliphatic carbocycles. The molecule has 21 heavy (non-hydrogen) atoms. The first-order chi connectivity index (χ1) is 9.95. The molecule has 1 aromatic carbocycles. The van der Waals surface area contributed by atoms with E-state index in [2.05, 4.69) is 0 Å². The molecule has 0 bridgehead atoms. The van der Waals surface area contributed by atoms with Gasteiger partial charge in [0.25, 0.3) is 5.91 Å². The predicted octanol–water partition coefficient (Wildman–Crippen LogP) is 2.01. The number of nitrogens with zero attached hydrogens (tertiary/aromatic N) is 1. The molecule has 1 heterocycles. The zero-order chi connectivity index (χ0) is 15.4. The summed E-state index contributed by atoms with van der Waals surface area (Å²) in [6, 6.07) is 5.85. The van der Waals surface area contributed by atoms with Crippen LogP contribution in [0.1, 0.15) is 24.0 Å². The Labute approximate surface area is 124 Å². The van der Waals surface area contributed by atoms with Crippen LogP contribution < -0.4 is 4.74 Å². The van der Waals surface area contributed by atoms with Crippen molar-refractivity contribution < 1.29 is 19.4 Å². The fourth-order valence-corrected chi connectivity index (χ4v) is 2.63. The van der Waals surface area contributed by atoms with Crippen LogP contribution in [0, 0.1) is 19.8 Å². The minimum atomic E-state index is -0.770. The van der Waals surface area contributed by atoms with Crippen LogP contribution in [0.15, 0.2) is 18.2 Å². The van der Waals surface area contributed by atoms with Crippen molar-refractivity contribution in [2.45, 2.75) is 26.7 Å². The van der Waals surface area contributed by atoms with E-state index in [4.69, 9.17) is 9.84 Å². The Hall–Kier alpha value is -2.04. The molecule has 1 aliphatic heterocycles. The fourth-order valence-electron chi connectivity index (χ4n) is 2.63. The second-order valence-electron chi connectivity index (χ2n) is 5.61. The zero-order valence-electron chi connectivity index (χ0n) is 12.5. The number of rotatable bonds is 4. The molecule has 0 atom stereocenters. The molecule has 1 saturated heterocycles. The Morgan fingerprint density at radius 2 is 1.76 bits per heavy atom. The maximum atomic E-state index is 12.1. The third-order valence-corrected chi connectivity index (χ3v) is 3.75. The van der Waals surface area contributed by atoms with E-state index in [1.54, 1.807) is 4.90 Å². The smallest absolute Gasteiger partial charge is 0.306 e. The Kier molecular flexibility index (Phi) is 4.83. The zero-order valence-corrected chi connectivity index (χ0v) is 12.5. The molecule has 5 heteroatoms. The number of aliphatic carboxylic acids is 1. The van der Waals surface area contributed by atoms with Gasteiger partial charge in [-0.3, -0.25) is 9.59 Å². The van der Waals surface area contributed by atoms with Gasteiger partial charge in [-0.25, -0.2) is 0 Å². The van der Waals surface area contributed by atoms with Gasteiger partial charge in [-0.1, -0.05) is 6.07 Å². The average molecular weight is 291 g/mol. The molecule has 1 fully saturated rings. The minimum absolute atomic E-state index is 0.000626. The molecule has 5 nitrogen and oxygen atoms in total. The van der Waals surface area contributed by atoms with Crippen LogP contribution in [0.5, 0.6) is 5.75 Å². The number of amides is 1. The van der Waals surface area contributed by atoms with E-state index >= 15 is 0 Å². The van der Waals surface area contributed by atoms with Gasteiger partial charge in [-0.15, -0.1) is 0 Å². The summed E-state index contributed by atoms with van der Waals surface area (Å²) in [5.41, 5.74) is 2.19. The monoisotopic (exact) mass is 291 g/mol. The number of likely N-dealkylation sites (tertiary alicyclic amines) is 1. The molecule has 0 aromatic heterocycles. The van der Waals surface area contributed by atoms with Crippen LogP contribution >= 0.6 is 0 Å². The van der Waals surface area contributed by atoms with Crippen molar-refractivity contribution in [3.05, 3.63) is 29.3 Å². The summed E-state index contributed by atoms with van der Waals surface area (Å²) in [7, 11) is 0. The number of hydrogen-bond acceptors (Lipinski definition) is 3. The van der Waals surface area contributed by atoms with Gasteiger partial charge in [-0.2, -0.15) is 0 Å². The fraction of sp³-hybridized carbons (Fsp3) is 0.500. The molecule has 2 rings (SSSR count). The van der Waals surface area contributed by atoms with Crippen LogP contribution in [0.2, 0.25) is 0 Å². The van der Waals surface area contributed by atoms with Gasteiger partial charge >= 0.3 is 5.97 Å². The standard InChI is InChI=1S/C16H21NO4/c1-11-7-12(2)9-14(8-11)21-10-15(18)17-5-3-13(4-6-17)16(19)20/h7-9,13H,3-6,10H2,1-2H3,(H,19,20). The summed E-state index contributed by atoms with van der Waals surface area (Å²) in [6.07, 6.45) is 1.04. The molecular weight excluding hydrogens is 270 g/mol. The van der Waals surface area contributed by atoms with Crippen LogP contribution in [-0.2, 0) is 9.59 Å². The Bertz CT molecular complexity index is 513. The van der Waals surface area contributed by atoms with E-state index in [9.17, 15) is 9.59 Å². The predicted molar refractivity (Wildman–Crippen MR) is 78.4 cm³/mol. The lowest BCUT2D eigenvalue weighted by Crippen LogP contribution is -2.42. The van der Waals surface area contributed by atoms with Crippen LogP contribution in [0.25, 0.3) is 0 Å². The Morgan fingerprint density at radius 1 is 1.19 bits per heavy atom. The van der Waals surface area contributed by atoms with E-state index in [1.165, 1.54) is 0 Å². The van der Waals surface area contributed by atoms with E-state index in [0.29, 0.717) is 31.7 Å². The van der Waals surface area contributed by atoms with E-state index in [-0.39, 0.29) is 18.4 Å². The largest absolute Gasteiger partial charge is 0.484 e. The first kappa shape index (κ1) is 15.4. The van der Waals surface area contributed by atoms with Gasteiger partial charge in [0.1, 0.15) is 5.75 Å². The quantitative estimate of drug-likeness (QED) is 0.921. The lowest BCUT2D eigenvalue weighted by molar-refractivity contribution is -0.146. The normalized spacial score (nSPS) is 15.8. The van der Waals surface area contributed by atoms with Crippen LogP contribution in [0.3, 0.4) is 0 Å². The maximum Gasteiger partial charge on any atom is 0.306 e. The van der Waals surface area contributed by atoms with Crippen LogP contribution in [0.4, 0.5) is 0 Å². The van der Waals surface area contributed by atoms with Crippen molar-refractivity contribution >= 4 is 11.9 Å². The van der Waals surface area contributed by atoms with Gasteiger partial charge in [0, 0.05) is 13.1 Å². The summed E-state index contributed by atoms with van der Waals surface area (Å²) < 4.78 is 5.55. The number of carboxylic acids is 1. The van der Waals surface area contributed by atoms with Gasteiger partial charge in [0.15, 0.2) is 6.61 Å². The molecule has 114 valence electrons. The third-order valence-electron chi connectivity index (χ3n) is 3.75. The highest BCUT2D eigenvalue weighted by molar-refractivity contribution is 5.78. The molecule has 0 saturated carbocycles. The first-order valence-electron chi connectivity index (χ1n) is 7.17. The van der Waals surface area contributed by atoms with Crippen LogP contribution in [-0.4, -0.2) is 41.6 Å². The number of carboxylic acid groups (broad SMARTS) is 1. The number of hydrogen-bond donors (Lipinski definition) is 1. The highest BCUT2D eigenvalue weighted by Gasteiger charge is 2.26. The Balaban J connectivity index is 1.84.